The van der Waals surface area contributed by atoms with Crippen molar-refractivity contribution in [2.24, 2.45) is 5.10 Å². The molecule has 25 heavy (non-hydrogen) atoms. The Morgan fingerprint density at radius 1 is 1.32 bits per heavy atom. The molecular weight excluding hydrogens is 360 g/mol. The lowest BCUT2D eigenvalue weighted by molar-refractivity contribution is -0.130. The molecule has 0 spiro atoms. The number of hydrazone groups is 1. The van der Waals surface area contributed by atoms with E-state index in [2.05, 4.69) is 15.3 Å². The second kappa shape index (κ2) is 6.85. The minimum absolute atomic E-state index is 0.110. The monoisotopic (exact) mass is 374 g/mol. The maximum absolute atomic E-state index is 12.7. The van der Waals surface area contributed by atoms with Gasteiger partial charge in [0.15, 0.2) is 4.34 Å². The summed E-state index contributed by atoms with van der Waals surface area (Å²) in [6.07, 6.45) is 3.74. The third-order valence-electron chi connectivity index (χ3n) is 3.67. The van der Waals surface area contributed by atoms with Crippen molar-refractivity contribution in [1.29, 1.82) is 0 Å². The molecule has 0 fully saturated rings. The van der Waals surface area contributed by atoms with E-state index in [1.807, 2.05) is 25.1 Å². The first kappa shape index (κ1) is 16.1. The molecule has 1 amide bonds. The van der Waals surface area contributed by atoms with Crippen LogP contribution in [-0.4, -0.2) is 32.6 Å². The van der Waals surface area contributed by atoms with E-state index >= 15 is 0 Å². The summed E-state index contributed by atoms with van der Waals surface area (Å²) in [4.78, 5) is 12.7. The zero-order chi connectivity index (χ0) is 17.2. The van der Waals surface area contributed by atoms with E-state index in [0.29, 0.717) is 17.9 Å². The van der Waals surface area contributed by atoms with Gasteiger partial charge in [0.05, 0.1) is 18.3 Å². The molecule has 0 saturated heterocycles. The van der Waals surface area contributed by atoms with Crippen LogP contribution in [0.4, 0.5) is 0 Å². The molecule has 0 bridgehead atoms. The number of thioether (sulfide) groups is 1. The molecule has 9 heteroatoms. The van der Waals surface area contributed by atoms with Crippen LogP contribution < -0.4 is 0 Å². The lowest BCUT2D eigenvalue weighted by Gasteiger charge is -2.19. The van der Waals surface area contributed by atoms with Gasteiger partial charge < -0.3 is 8.83 Å². The summed E-state index contributed by atoms with van der Waals surface area (Å²) < 4.78 is 11.7. The largest absolute Gasteiger partial charge is 0.467 e. The van der Waals surface area contributed by atoms with E-state index in [-0.39, 0.29) is 17.7 Å². The number of amides is 1. The minimum atomic E-state index is -0.264. The van der Waals surface area contributed by atoms with Gasteiger partial charge in [0.2, 0.25) is 0 Å². The van der Waals surface area contributed by atoms with E-state index in [9.17, 15) is 4.79 Å². The zero-order valence-electron chi connectivity index (χ0n) is 13.3. The summed E-state index contributed by atoms with van der Waals surface area (Å²) in [7, 11) is 0. The predicted molar refractivity (Wildman–Crippen MR) is 93.5 cm³/mol. The fourth-order valence-corrected chi connectivity index (χ4v) is 4.23. The van der Waals surface area contributed by atoms with Gasteiger partial charge in [0.25, 0.3) is 5.91 Å². The Kier molecular flexibility index (Phi) is 4.41. The fourth-order valence-electron chi connectivity index (χ4n) is 2.56. The Labute approximate surface area is 151 Å². The van der Waals surface area contributed by atoms with Crippen molar-refractivity contribution in [3.63, 3.8) is 0 Å². The van der Waals surface area contributed by atoms with E-state index in [4.69, 9.17) is 8.83 Å². The third kappa shape index (κ3) is 3.38. The SMILES string of the molecule is Cc1nnc(SCC(=O)N2N=C(c3ccco3)CC2c2ccco2)s1. The van der Waals surface area contributed by atoms with Gasteiger partial charge >= 0.3 is 0 Å². The average Bonchev–Trinajstić information content (AvgIpc) is 3.38. The van der Waals surface area contributed by atoms with Crippen molar-refractivity contribution in [2.45, 2.75) is 23.7 Å². The van der Waals surface area contributed by atoms with E-state index in [1.165, 1.54) is 28.1 Å². The van der Waals surface area contributed by atoms with Crippen molar-refractivity contribution in [3.8, 4) is 0 Å². The van der Waals surface area contributed by atoms with Crippen molar-refractivity contribution in [2.75, 3.05) is 5.75 Å². The molecule has 0 N–H and O–H groups in total. The summed E-state index contributed by atoms with van der Waals surface area (Å²) in [6.45, 7) is 1.89. The van der Waals surface area contributed by atoms with Crippen LogP contribution in [0.25, 0.3) is 0 Å². The summed E-state index contributed by atoms with van der Waals surface area (Å²) in [5.74, 6) is 1.50. The lowest BCUT2D eigenvalue weighted by Crippen LogP contribution is -2.28. The molecule has 0 saturated carbocycles. The normalized spacial score (nSPS) is 17.1. The number of nitrogens with zero attached hydrogens (tertiary/aromatic N) is 4. The average molecular weight is 374 g/mol. The van der Waals surface area contributed by atoms with Gasteiger partial charge in [-0.1, -0.05) is 23.1 Å². The summed E-state index contributed by atoms with van der Waals surface area (Å²) in [5.41, 5.74) is 0.733. The molecular formula is C16H14N4O3S2. The Morgan fingerprint density at radius 2 is 2.16 bits per heavy atom. The van der Waals surface area contributed by atoms with Gasteiger partial charge in [0.1, 0.15) is 28.3 Å². The molecule has 7 nitrogen and oxygen atoms in total. The number of aromatic nitrogens is 2. The lowest BCUT2D eigenvalue weighted by atomic mass is 10.1. The molecule has 1 aliphatic rings. The van der Waals surface area contributed by atoms with Crippen LogP contribution in [-0.2, 0) is 4.79 Å². The van der Waals surface area contributed by atoms with Crippen LogP contribution >= 0.6 is 23.1 Å². The number of hydrogen-bond acceptors (Lipinski definition) is 8. The Bertz CT molecular complexity index is 887. The number of carbonyl (C=O) groups is 1. The molecule has 0 aliphatic carbocycles. The van der Waals surface area contributed by atoms with Crippen LogP contribution in [0.2, 0.25) is 0 Å². The molecule has 3 aromatic rings. The summed E-state index contributed by atoms with van der Waals surface area (Å²) in [5, 5.41) is 14.8. The molecule has 0 radical (unpaired) electrons. The number of hydrogen-bond donors (Lipinski definition) is 0. The van der Waals surface area contributed by atoms with Crippen LogP contribution in [0.1, 0.15) is 29.0 Å². The summed E-state index contributed by atoms with van der Waals surface area (Å²) in [6, 6.07) is 7.04. The highest BCUT2D eigenvalue weighted by atomic mass is 32.2. The van der Waals surface area contributed by atoms with Crippen molar-refractivity contribution in [1.82, 2.24) is 15.2 Å². The molecule has 4 heterocycles. The summed E-state index contributed by atoms with van der Waals surface area (Å²) >= 11 is 2.83. The first-order valence-electron chi connectivity index (χ1n) is 7.60. The van der Waals surface area contributed by atoms with Crippen LogP contribution in [0, 0.1) is 6.92 Å². The molecule has 128 valence electrons. The van der Waals surface area contributed by atoms with Gasteiger partial charge in [-0.15, -0.1) is 10.2 Å². The maximum atomic E-state index is 12.7. The van der Waals surface area contributed by atoms with Crippen LogP contribution in [0.15, 0.2) is 55.1 Å². The van der Waals surface area contributed by atoms with E-state index in [0.717, 1.165) is 15.1 Å². The van der Waals surface area contributed by atoms with E-state index in [1.54, 1.807) is 18.6 Å². The molecule has 3 aromatic heterocycles. The van der Waals surface area contributed by atoms with Gasteiger partial charge in [-0.25, -0.2) is 5.01 Å². The van der Waals surface area contributed by atoms with Gasteiger partial charge in [-0.05, 0) is 31.2 Å². The number of aryl methyl sites for hydroxylation is 1. The smallest absolute Gasteiger partial charge is 0.253 e. The van der Waals surface area contributed by atoms with Crippen LogP contribution in [0.5, 0.6) is 0 Å². The predicted octanol–water partition coefficient (Wildman–Crippen LogP) is 3.50. The van der Waals surface area contributed by atoms with Crippen LogP contribution in [0.3, 0.4) is 0 Å². The standard InChI is InChI=1S/C16H14N4O3S2/c1-10-17-18-16(25-10)24-9-15(21)20-12(14-5-3-7-23-14)8-11(19-20)13-4-2-6-22-13/h2-7,12H,8-9H2,1H3. The quantitative estimate of drug-likeness (QED) is 0.636. The van der Waals surface area contributed by atoms with Gasteiger partial charge in [0, 0.05) is 6.42 Å². The van der Waals surface area contributed by atoms with Gasteiger partial charge in [-0.2, -0.15) is 5.10 Å². The highest BCUT2D eigenvalue weighted by Crippen LogP contribution is 2.34. The second-order valence-corrected chi connectivity index (χ2v) is 7.78. The fraction of sp³-hybridized carbons (Fsp3) is 0.250. The van der Waals surface area contributed by atoms with Crippen molar-refractivity contribution >= 4 is 34.7 Å². The Hall–Kier alpha value is -2.39. The number of furan rings is 2. The number of carbonyl (C=O) groups excluding carboxylic acids is 1. The highest BCUT2D eigenvalue weighted by Gasteiger charge is 2.35. The molecule has 4 rings (SSSR count). The first-order valence-corrected chi connectivity index (χ1v) is 9.40. The molecule has 1 unspecified atom stereocenters. The number of rotatable bonds is 5. The Morgan fingerprint density at radius 3 is 2.84 bits per heavy atom. The molecule has 1 aliphatic heterocycles. The van der Waals surface area contributed by atoms with Crippen molar-refractivity contribution in [3.05, 3.63) is 53.3 Å². The maximum Gasteiger partial charge on any atom is 0.253 e. The third-order valence-corrected chi connectivity index (χ3v) is 5.63. The van der Waals surface area contributed by atoms with Crippen molar-refractivity contribution < 1.29 is 13.6 Å². The molecule has 1 atom stereocenters. The zero-order valence-corrected chi connectivity index (χ0v) is 14.9. The van der Waals surface area contributed by atoms with Gasteiger partial charge in [-0.3, -0.25) is 4.79 Å². The Balaban J connectivity index is 1.53. The second-order valence-electron chi connectivity index (χ2n) is 5.37. The first-order chi connectivity index (χ1) is 12.2. The van der Waals surface area contributed by atoms with E-state index < -0.39 is 0 Å². The minimum Gasteiger partial charge on any atom is -0.467 e. The molecule has 0 aromatic carbocycles. The highest BCUT2D eigenvalue weighted by molar-refractivity contribution is 8.01. The topological polar surface area (TPSA) is 84.7 Å².